The second-order valence-electron chi connectivity index (χ2n) is 3.76. The fourth-order valence-electron chi connectivity index (χ4n) is 1.54. The molecule has 1 amide bonds. The Morgan fingerprint density at radius 2 is 2.05 bits per heavy atom. The molecule has 0 aliphatic heterocycles. The molecule has 3 rings (SSSR count). The van der Waals surface area contributed by atoms with E-state index in [1.54, 1.807) is 6.07 Å². The van der Waals surface area contributed by atoms with E-state index in [9.17, 15) is 4.79 Å². The first-order valence-electron chi connectivity index (χ1n) is 5.43. The van der Waals surface area contributed by atoms with Crippen molar-refractivity contribution in [2.45, 2.75) is 0 Å². The quantitative estimate of drug-likeness (QED) is 0.559. The zero-order valence-electron chi connectivity index (χ0n) is 9.76. The number of nitrogens with zero attached hydrogens (tertiary/aromatic N) is 4. The summed E-state index contributed by atoms with van der Waals surface area (Å²) in [6.45, 7) is 0. The summed E-state index contributed by atoms with van der Waals surface area (Å²) < 4.78 is 0. The molecule has 9 heteroatoms. The minimum Gasteiger partial charge on any atom is -0.341 e. The Hall–Kier alpha value is -2.25. The third-order valence-electron chi connectivity index (χ3n) is 2.46. The van der Waals surface area contributed by atoms with Crippen LogP contribution in [0.5, 0.6) is 0 Å². The molecule has 2 N–H and O–H groups in total. The lowest BCUT2D eigenvalue weighted by Gasteiger charge is -2.03. The van der Waals surface area contributed by atoms with Crippen LogP contribution in [0.4, 0.5) is 5.95 Å². The van der Waals surface area contributed by atoms with E-state index in [1.807, 2.05) is 0 Å². The lowest BCUT2D eigenvalue weighted by Crippen LogP contribution is -2.14. The van der Waals surface area contributed by atoms with E-state index < -0.39 is 5.91 Å². The van der Waals surface area contributed by atoms with Crippen LogP contribution in [-0.4, -0.2) is 30.8 Å². The zero-order chi connectivity index (χ0) is 14.1. The van der Waals surface area contributed by atoms with Crippen molar-refractivity contribution in [3.05, 3.63) is 40.5 Å². The van der Waals surface area contributed by atoms with Gasteiger partial charge < -0.3 is 4.98 Å². The van der Waals surface area contributed by atoms with Crippen molar-refractivity contribution in [3.63, 3.8) is 0 Å². The number of anilines is 1. The number of aromatic nitrogens is 5. The molecule has 3 heterocycles. The fraction of sp³-hybridized carbons (Fsp3) is 0. The molecule has 0 aliphatic rings. The van der Waals surface area contributed by atoms with E-state index in [4.69, 9.17) is 23.2 Å². The van der Waals surface area contributed by atoms with Gasteiger partial charge in [0.1, 0.15) is 10.7 Å². The summed E-state index contributed by atoms with van der Waals surface area (Å²) in [6.07, 6.45) is 2.80. The minimum atomic E-state index is -0.417. The fourth-order valence-corrected chi connectivity index (χ4v) is 1.87. The van der Waals surface area contributed by atoms with Gasteiger partial charge in [-0.2, -0.15) is 9.97 Å². The Morgan fingerprint density at radius 3 is 2.80 bits per heavy atom. The molecule has 0 saturated heterocycles. The minimum absolute atomic E-state index is 0.0644. The Bertz CT molecular complexity index is 785. The van der Waals surface area contributed by atoms with Crippen LogP contribution in [0.2, 0.25) is 10.3 Å². The highest BCUT2D eigenvalue weighted by Crippen LogP contribution is 2.18. The third kappa shape index (κ3) is 2.40. The number of rotatable bonds is 2. The van der Waals surface area contributed by atoms with Crippen molar-refractivity contribution in [3.8, 4) is 0 Å². The molecule has 0 radical (unpaired) electrons. The van der Waals surface area contributed by atoms with E-state index in [-0.39, 0.29) is 11.1 Å². The Morgan fingerprint density at radius 1 is 1.20 bits per heavy atom. The van der Waals surface area contributed by atoms with Crippen LogP contribution in [0.3, 0.4) is 0 Å². The number of amides is 1. The van der Waals surface area contributed by atoms with Crippen molar-refractivity contribution in [2.24, 2.45) is 0 Å². The normalized spacial score (nSPS) is 10.7. The highest BCUT2D eigenvalue weighted by atomic mass is 35.5. The van der Waals surface area contributed by atoms with Gasteiger partial charge in [0, 0.05) is 6.20 Å². The molecule has 0 bridgehead atoms. The summed E-state index contributed by atoms with van der Waals surface area (Å²) in [5, 5.41) is 3.00. The van der Waals surface area contributed by atoms with E-state index in [2.05, 4.69) is 30.2 Å². The van der Waals surface area contributed by atoms with Crippen molar-refractivity contribution in [2.75, 3.05) is 5.32 Å². The summed E-state index contributed by atoms with van der Waals surface area (Å²) in [5.74, 6) is -0.352. The molecule has 3 aromatic heterocycles. The number of carbonyl (C=O) groups excluding carboxylic acids is 1. The molecule has 7 nitrogen and oxygen atoms in total. The zero-order valence-corrected chi connectivity index (χ0v) is 11.3. The maximum absolute atomic E-state index is 12.0. The van der Waals surface area contributed by atoms with E-state index in [0.717, 1.165) is 0 Å². The number of fused-ring (bicyclic) bond motifs is 1. The molecule has 0 atom stereocenters. The number of halogens is 2. The second-order valence-corrected chi connectivity index (χ2v) is 4.51. The van der Waals surface area contributed by atoms with Crippen LogP contribution >= 0.6 is 23.2 Å². The second kappa shape index (κ2) is 5.03. The molecular formula is C11H6Cl2N6O. The van der Waals surface area contributed by atoms with Gasteiger partial charge in [0.05, 0.1) is 11.9 Å². The molecule has 0 unspecified atom stereocenters. The molecule has 20 heavy (non-hydrogen) atoms. The SMILES string of the molecule is O=C(Nc1nc(Cl)c2[nH]cnc2n1)c1ccc(Cl)nc1. The molecule has 0 fully saturated rings. The first-order valence-corrected chi connectivity index (χ1v) is 6.18. The molecular weight excluding hydrogens is 303 g/mol. The van der Waals surface area contributed by atoms with E-state index in [0.29, 0.717) is 21.9 Å². The van der Waals surface area contributed by atoms with Crippen molar-refractivity contribution in [1.82, 2.24) is 24.9 Å². The van der Waals surface area contributed by atoms with E-state index in [1.165, 1.54) is 18.6 Å². The molecule has 100 valence electrons. The van der Waals surface area contributed by atoms with Crippen LogP contribution < -0.4 is 5.32 Å². The molecule has 0 aliphatic carbocycles. The van der Waals surface area contributed by atoms with Crippen LogP contribution in [0.25, 0.3) is 11.2 Å². The summed E-state index contributed by atoms with van der Waals surface area (Å²) in [5.41, 5.74) is 1.21. The largest absolute Gasteiger partial charge is 0.341 e. The van der Waals surface area contributed by atoms with Gasteiger partial charge in [-0.1, -0.05) is 23.2 Å². The van der Waals surface area contributed by atoms with Crippen LogP contribution in [0.15, 0.2) is 24.7 Å². The van der Waals surface area contributed by atoms with Gasteiger partial charge >= 0.3 is 0 Å². The average Bonchev–Trinajstić information content (AvgIpc) is 2.88. The number of hydrogen-bond acceptors (Lipinski definition) is 5. The monoisotopic (exact) mass is 308 g/mol. The number of carbonyl (C=O) groups is 1. The van der Waals surface area contributed by atoms with Gasteiger partial charge in [-0.15, -0.1) is 0 Å². The van der Waals surface area contributed by atoms with Gasteiger partial charge in [-0.25, -0.2) is 9.97 Å². The first-order chi connectivity index (χ1) is 9.63. The smallest absolute Gasteiger partial charge is 0.259 e. The highest BCUT2D eigenvalue weighted by Gasteiger charge is 2.12. The van der Waals surface area contributed by atoms with Crippen molar-refractivity contribution >= 4 is 46.2 Å². The number of H-pyrrole nitrogens is 1. The Labute approximate surface area is 122 Å². The predicted molar refractivity (Wildman–Crippen MR) is 73.9 cm³/mol. The maximum atomic E-state index is 12.0. The van der Waals surface area contributed by atoms with Crippen LogP contribution in [0.1, 0.15) is 10.4 Å². The van der Waals surface area contributed by atoms with Gasteiger partial charge in [-0.05, 0) is 12.1 Å². The summed E-state index contributed by atoms with van der Waals surface area (Å²) in [4.78, 5) is 30.6. The first kappa shape index (κ1) is 12.8. The van der Waals surface area contributed by atoms with Crippen molar-refractivity contribution < 1.29 is 4.79 Å². The number of hydrogen-bond donors (Lipinski definition) is 2. The topological polar surface area (TPSA) is 96.5 Å². The molecule has 0 aromatic carbocycles. The van der Waals surface area contributed by atoms with Crippen LogP contribution in [0, 0.1) is 0 Å². The Kier molecular flexibility index (Phi) is 3.21. The Balaban J connectivity index is 1.88. The summed E-state index contributed by atoms with van der Waals surface area (Å²) in [6, 6.07) is 3.06. The molecule has 0 saturated carbocycles. The molecule has 0 spiro atoms. The standard InChI is InChI=1S/C11H6Cl2N6O/c12-6-2-1-5(3-14-6)10(20)19-11-17-8(13)7-9(18-11)16-4-15-7/h1-4H,(H2,15,16,17,18,19,20). The molecule has 3 aromatic rings. The number of aromatic amines is 1. The number of pyridine rings is 1. The van der Waals surface area contributed by atoms with E-state index >= 15 is 0 Å². The highest BCUT2D eigenvalue weighted by molar-refractivity contribution is 6.33. The maximum Gasteiger partial charge on any atom is 0.259 e. The van der Waals surface area contributed by atoms with Gasteiger partial charge in [-0.3, -0.25) is 10.1 Å². The lowest BCUT2D eigenvalue weighted by atomic mass is 10.3. The van der Waals surface area contributed by atoms with Crippen molar-refractivity contribution in [1.29, 1.82) is 0 Å². The lowest BCUT2D eigenvalue weighted by molar-refractivity contribution is 0.102. The number of nitrogens with one attached hydrogen (secondary N) is 2. The van der Waals surface area contributed by atoms with Gasteiger partial charge in [0.15, 0.2) is 10.8 Å². The third-order valence-corrected chi connectivity index (χ3v) is 2.95. The van der Waals surface area contributed by atoms with Gasteiger partial charge in [0.2, 0.25) is 5.95 Å². The summed E-state index contributed by atoms with van der Waals surface area (Å²) in [7, 11) is 0. The van der Waals surface area contributed by atoms with Gasteiger partial charge in [0.25, 0.3) is 5.91 Å². The predicted octanol–water partition coefficient (Wildman–Crippen LogP) is 2.31. The van der Waals surface area contributed by atoms with Crippen LogP contribution in [-0.2, 0) is 0 Å². The average molecular weight is 309 g/mol. The summed E-state index contributed by atoms with van der Waals surface area (Å²) >= 11 is 11.6. The number of imidazole rings is 1.